The first-order valence-corrected chi connectivity index (χ1v) is 9.64. The summed E-state index contributed by atoms with van der Waals surface area (Å²) in [5.41, 5.74) is 5.06. The van der Waals surface area contributed by atoms with E-state index >= 15 is 0 Å². The van der Waals surface area contributed by atoms with Gasteiger partial charge in [0, 0.05) is 12.4 Å². The van der Waals surface area contributed by atoms with Crippen LogP contribution in [-0.4, -0.2) is 37.4 Å². The Morgan fingerprint density at radius 1 is 1.43 bits per heavy atom. The fourth-order valence-electron chi connectivity index (χ4n) is 2.99. The van der Waals surface area contributed by atoms with E-state index in [2.05, 4.69) is 0 Å². The number of benzene rings is 1. The van der Waals surface area contributed by atoms with Gasteiger partial charge < -0.3 is 10.5 Å². The fraction of sp³-hybridized carbons (Fsp3) is 0.571. The minimum absolute atomic E-state index is 0.0156. The van der Waals surface area contributed by atoms with Crippen molar-refractivity contribution in [2.24, 2.45) is 0 Å². The zero-order valence-corrected chi connectivity index (χ0v) is 13.2. The molecule has 4 nitrogen and oxygen atoms in total. The van der Waals surface area contributed by atoms with Crippen molar-refractivity contribution in [3.05, 3.63) is 24.0 Å². The lowest BCUT2D eigenvalue weighted by atomic mass is 9.93. The lowest BCUT2D eigenvalue weighted by Crippen LogP contribution is -2.44. The normalized spacial score (nSPS) is 29.9. The molecule has 2 N–H and O–H groups in total. The molecule has 0 bridgehead atoms. The number of hydrogen-bond donors (Lipinski definition) is 1. The molecule has 7 heteroatoms. The number of anilines is 1. The largest absolute Gasteiger partial charge is 0.396 e. The zero-order chi connectivity index (χ0) is 15.1. The van der Waals surface area contributed by atoms with Crippen molar-refractivity contribution < 1.29 is 17.5 Å². The molecule has 0 amide bonds. The van der Waals surface area contributed by atoms with Crippen LogP contribution in [0.2, 0.25) is 0 Å². The van der Waals surface area contributed by atoms with E-state index in [1.54, 1.807) is 11.8 Å². The van der Waals surface area contributed by atoms with Crippen molar-refractivity contribution in [1.82, 2.24) is 0 Å². The summed E-state index contributed by atoms with van der Waals surface area (Å²) in [4.78, 5) is 0.0156. The Morgan fingerprint density at radius 2 is 2.24 bits per heavy atom. The molecule has 0 aromatic heterocycles. The first kappa shape index (κ1) is 15.1. The predicted molar refractivity (Wildman–Crippen MR) is 81.6 cm³/mol. The fourth-order valence-corrected chi connectivity index (χ4v) is 6.21. The molecule has 21 heavy (non-hydrogen) atoms. The van der Waals surface area contributed by atoms with Crippen LogP contribution < -0.4 is 5.73 Å². The van der Waals surface area contributed by atoms with Gasteiger partial charge in [0.1, 0.15) is 5.82 Å². The first-order chi connectivity index (χ1) is 9.93. The average molecular weight is 331 g/mol. The Morgan fingerprint density at radius 3 is 2.90 bits per heavy atom. The van der Waals surface area contributed by atoms with Gasteiger partial charge in [-0.3, -0.25) is 0 Å². The second-order valence-electron chi connectivity index (χ2n) is 5.68. The highest BCUT2D eigenvalue weighted by molar-refractivity contribution is 7.99. The SMILES string of the molecule is Nc1ccc(S(=O)(=O)C2CCOC3(CCSC3)C2)cc1F. The number of thioether (sulfide) groups is 1. The highest BCUT2D eigenvalue weighted by Gasteiger charge is 2.44. The molecule has 0 radical (unpaired) electrons. The van der Waals surface area contributed by atoms with E-state index in [9.17, 15) is 12.8 Å². The summed E-state index contributed by atoms with van der Waals surface area (Å²) in [7, 11) is -3.55. The summed E-state index contributed by atoms with van der Waals surface area (Å²) in [5.74, 6) is 1.16. The van der Waals surface area contributed by atoms with Crippen molar-refractivity contribution in [3.63, 3.8) is 0 Å². The van der Waals surface area contributed by atoms with Gasteiger partial charge in [0.25, 0.3) is 0 Å². The quantitative estimate of drug-likeness (QED) is 0.842. The molecule has 2 aliphatic heterocycles. The number of rotatable bonds is 2. The van der Waals surface area contributed by atoms with Crippen molar-refractivity contribution in [3.8, 4) is 0 Å². The van der Waals surface area contributed by atoms with Gasteiger partial charge in [-0.25, -0.2) is 12.8 Å². The van der Waals surface area contributed by atoms with Crippen molar-refractivity contribution in [1.29, 1.82) is 0 Å². The second kappa shape index (κ2) is 5.44. The number of nitrogen functional groups attached to an aromatic ring is 1. The average Bonchev–Trinajstić information content (AvgIpc) is 2.89. The van der Waals surface area contributed by atoms with Gasteiger partial charge in [0.05, 0.1) is 21.4 Å². The topological polar surface area (TPSA) is 69.4 Å². The minimum Gasteiger partial charge on any atom is -0.396 e. The minimum atomic E-state index is -3.55. The third-order valence-electron chi connectivity index (χ3n) is 4.25. The molecule has 3 rings (SSSR count). The molecular formula is C14H18FNO3S2. The van der Waals surface area contributed by atoms with E-state index in [0.29, 0.717) is 19.4 Å². The van der Waals surface area contributed by atoms with Gasteiger partial charge in [0.2, 0.25) is 0 Å². The van der Waals surface area contributed by atoms with E-state index in [0.717, 1.165) is 24.0 Å². The van der Waals surface area contributed by atoms with Crippen LogP contribution >= 0.6 is 11.8 Å². The Balaban J connectivity index is 1.88. The molecule has 2 atom stereocenters. The Bertz CT molecular complexity index is 642. The molecule has 1 aromatic rings. The Kier molecular flexibility index (Phi) is 3.92. The van der Waals surface area contributed by atoms with Gasteiger partial charge in [-0.1, -0.05) is 0 Å². The highest BCUT2D eigenvalue weighted by Crippen LogP contribution is 2.41. The molecule has 0 aliphatic carbocycles. The summed E-state index contributed by atoms with van der Waals surface area (Å²) >= 11 is 1.80. The van der Waals surface area contributed by atoms with Crippen LogP contribution in [0.15, 0.2) is 23.1 Å². The standard InChI is InChI=1S/C14H18FNO3S2/c15-12-7-10(1-2-13(12)16)21(17,18)11-3-5-19-14(8-11)4-6-20-9-14/h1-2,7,11H,3-6,8-9,16H2. The monoisotopic (exact) mass is 331 g/mol. The number of sulfone groups is 1. The third kappa shape index (κ3) is 2.78. The maximum Gasteiger partial charge on any atom is 0.181 e. The summed E-state index contributed by atoms with van der Waals surface area (Å²) in [5, 5.41) is -0.507. The van der Waals surface area contributed by atoms with E-state index in [4.69, 9.17) is 10.5 Å². The first-order valence-electron chi connectivity index (χ1n) is 6.94. The van der Waals surface area contributed by atoms with Crippen LogP contribution in [0.4, 0.5) is 10.1 Å². The van der Waals surface area contributed by atoms with Gasteiger partial charge in [-0.05, 0) is 43.2 Å². The summed E-state index contributed by atoms with van der Waals surface area (Å²) in [6.07, 6.45) is 1.84. The molecule has 2 aliphatic rings. The van der Waals surface area contributed by atoms with E-state index in [1.807, 2.05) is 0 Å². The van der Waals surface area contributed by atoms with Crippen LogP contribution in [0.5, 0.6) is 0 Å². The van der Waals surface area contributed by atoms with Gasteiger partial charge >= 0.3 is 0 Å². The molecule has 2 saturated heterocycles. The maximum absolute atomic E-state index is 13.6. The van der Waals surface area contributed by atoms with Crippen LogP contribution in [0.3, 0.4) is 0 Å². The summed E-state index contributed by atoms with van der Waals surface area (Å²) in [6.45, 7) is 0.446. The summed E-state index contributed by atoms with van der Waals surface area (Å²) < 4.78 is 44.8. The van der Waals surface area contributed by atoms with Crippen LogP contribution in [0.25, 0.3) is 0 Å². The van der Waals surface area contributed by atoms with Crippen LogP contribution in [0.1, 0.15) is 19.3 Å². The highest BCUT2D eigenvalue weighted by atomic mass is 32.2. The number of nitrogens with two attached hydrogens (primary N) is 1. The van der Waals surface area contributed by atoms with Gasteiger partial charge in [-0.15, -0.1) is 0 Å². The predicted octanol–water partition coefficient (Wildman–Crippen LogP) is 2.24. The zero-order valence-electron chi connectivity index (χ0n) is 11.5. The number of ether oxygens (including phenoxy) is 1. The second-order valence-corrected chi connectivity index (χ2v) is 9.01. The molecule has 2 heterocycles. The van der Waals surface area contributed by atoms with E-state index in [-0.39, 0.29) is 16.2 Å². The van der Waals surface area contributed by atoms with Crippen LogP contribution in [-0.2, 0) is 14.6 Å². The molecule has 2 fully saturated rings. The van der Waals surface area contributed by atoms with Gasteiger partial charge in [0.15, 0.2) is 9.84 Å². The number of halogens is 1. The van der Waals surface area contributed by atoms with E-state index < -0.39 is 20.9 Å². The third-order valence-corrected chi connectivity index (χ3v) is 7.67. The summed E-state index contributed by atoms with van der Waals surface area (Å²) in [6, 6.07) is 3.72. The Labute approximate surface area is 128 Å². The molecule has 0 saturated carbocycles. The Hall–Kier alpha value is -0.790. The van der Waals surface area contributed by atoms with Gasteiger partial charge in [-0.2, -0.15) is 11.8 Å². The van der Waals surface area contributed by atoms with Crippen molar-refractivity contribution >= 4 is 27.3 Å². The van der Waals surface area contributed by atoms with Crippen molar-refractivity contribution in [2.45, 2.75) is 35.0 Å². The van der Waals surface area contributed by atoms with Crippen LogP contribution in [0, 0.1) is 5.82 Å². The van der Waals surface area contributed by atoms with Crippen molar-refractivity contribution in [2.75, 3.05) is 23.8 Å². The van der Waals surface area contributed by atoms with E-state index in [1.165, 1.54) is 12.1 Å². The molecule has 116 valence electrons. The lowest BCUT2D eigenvalue weighted by Gasteiger charge is -2.37. The smallest absolute Gasteiger partial charge is 0.181 e. The number of hydrogen-bond acceptors (Lipinski definition) is 5. The molecule has 2 unspecified atom stereocenters. The lowest BCUT2D eigenvalue weighted by molar-refractivity contribution is -0.0572. The maximum atomic E-state index is 13.6. The molecule has 1 spiro atoms. The molecule has 1 aromatic carbocycles. The molecular weight excluding hydrogens is 313 g/mol.